The van der Waals surface area contributed by atoms with Gasteiger partial charge in [0.2, 0.25) is 5.91 Å². The van der Waals surface area contributed by atoms with Gasteiger partial charge in [0.15, 0.2) is 0 Å². The van der Waals surface area contributed by atoms with Crippen LogP contribution in [0.2, 0.25) is 0 Å². The summed E-state index contributed by atoms with van der Waals surface area (Å²) in [7, 11) is 1.55. The number of rotatable bonds is 49. The molecule has 0 fully saturated rings. The number of carbonyl (C=O) groups is 1. The molecular weight excluding hydrogens is 828 g/mol. The third-order valence-electron chi connectivity index (χ3n) is 12.0. The minimum Gasteiger partial charge on any atom is -0.387 e. The number of hydrogen-bond acceptors (Lipinski definition) is 5. The second-order valence-electron chi connectivity index (χ2n) is 19.6. The van der Waals surface area contributed by atoms with Gasteiger partial charge in [-0.15, -0.1) is 0 Å². The van der Waals surface area contributed by atoms with E-state index in [9.17, 15) is 19.4 Å². The van der Waals surface area contributed by atoms with Gasteiger partial charge in [-0.1, -0.05) is 222 Å². The zero-order valence-electron chi connectivity index (χ0n) is 43.2. The fraction of sp³-hybridized carbons (Fsp3) is 0.804. The largest absolute Gasteiger partial charge is 0.472 e. The monoisotopic (exact) mass is 934 g/mol. The van der Waals surface area contributed by atoms with E-state index in [0.29, 0.717) is 17.4 Å². The Morgan fingerprint density at radius 1 is 0.523 bits per heavy atom. The molecule has 0 saturated heterocycles. The maximum atomic E-state index is 12.9. The van der Waals surface area contributed by atoms with Gasteiger partial charge in [-0.3, -0.25) is 13.8 Å². The van der Waals surface area contributed by atoms with E-state index in [1.54, 1.807) is 6.08 Å². The SMILES string of the molecule is CCCCCCC/C=C\C/C=C\C/C=C\CCCCCCCCCCCCCCC(=O)NC(COP(=O)(O)OCC[N+](C)(C)C)C(O)/C=C/CC/C=C/CCCCCCCCCCCC. The maximum absolute atomic E-state index is 12.9. The van der Waals surface area contributed by atoms with E-state index in [1.165, 1.54) is 167 Å². The maximum Gasteiger partial charge on any atom is 0.472 e. The van der Waals surface area contributed by atoms with Crippen molar-refractivity contribution in [3.8, 4) is 0 Å². The summed E-state index contributed by atoms with van der Waals surface area (Å²) in [4.78, 5) is 23.2. The van der Waals surface area contributed by atoms with Gasteiger partial charge in [-0.25, -0.2) is 4.57 Å². The minimum absolute atomic E-state index is 0.0542. The Kier molecular flexibility index (Phi) is 46.0. The first-order valence-corrected chi connectivity index (χ1v) is 28.7. The molecule has 0 aliphatic heterocycles. The lowest BCUT2D eigenvalue weighted by Crippen LogP contribution is -2.45. The molecule has 0 aromatic carbocycles. The fourth-order valence-electron chi connectivity index (χ4n) is 7.65. The summed E-state index contributed by atoms with van der Waals surface area (Å²) >= 11 is 0. The van der Waals surface area contributed by atoms with E-state index in [0.717, 1.165) is 51.4 Å². The zero-order valence-corrected chi connectivity index (χ0v) is 44.1. The molecule has 8 nitrogen and oxygen atoms in total. The number of nitrogens with one attached hydrogen (secondary N) is 1. The van der Waals surface area contributed by atoms with Crippen LogP contribution in [-0.4, -0.2) is 73.4 Å². The van der Waals surface area contributed by atoms with Crippen molar-refractivity contribution in [3.63, 3.8) is 0 Å². The van der Waals surface area contributed by atoms with E-state index < -0.39 is 20.0 Å². The Bertz CT molecular complexity index is 1240. The Balaban J connectivity index is 4.25. The molecule has 3 atom stereocenters. The normalized spacial score (nSPS) is 14.5. The van der Waals surface area contributed by atoms with Crippen LogP contribution in [0.4, 0.5) is 0 Å². The average Bonchev–Trinajstić information content (AvgIpc) is 3.26. The third-order valence-corrected chi connectivity index (χ3v) is 12.9. The van der Waals surface area contributed by atoms with Crippen molar-refractivity contribution in [2.75, 3.05) is 40.9 Å². The van der Waals surface area contributed by atoms with Crippen LogP contribution in [0, 0.1) is 0 Å². The van der Waals surface area contributed by atoms with Crippen molar-refractivity contribution in [2.24, 2.45) is 0 Å². The highest BCUT2D eigenvalue weighted by molar-refractivity contribution is 7.47. The number of hydrogen-bond donors (Lipinski definition) is 3. The summed E-state index contributed by atoms with van der Waals surface area (Å²) in [6.45, 7) is 4.79. The number of phosphoric ester groups is 1. The van der Waals surface area contributed by atoms with Gasteiger partial charge in [0.05, 0.1) is 39.9 Å². The minimum atomic E-state index is -4.35. The number of quaternary nitrogens is 1. The Morgan fingerprint density at radius 3 is 1.34 bits per heavy atom. The number of nitrogens with zero attached hydrogens (tertiary/aromatic N) is 1. The highest BCUT2D eigenvalue weighted by Gasteiger charge is 2.27. The molecular formula is C56H106N2O6P+. The van der Waals surface area contributed by atoms with E-state index in [1.807, 2.05) is 27.2 Å². The van der Waals surface area contributed by atoms with Crippen LogP contribution in [0.1, 0.15) is 239 Å². The predicted octanol–water partition coefficient (Wildman–Crippen LogP) is 16.1. The van der Waals surface area contributed by atoms with Gasteiger partial charge < -0.3 is 19.8 Å². The molecule has 0 bridgehead atoms. The quantitative estimate of drug-likeness (QED) is 0.0243. The summed E-state index contributed by atoms with van der Waals surface area (Å²) in [5.74, 6) is -0.190. The summed E-state index contributed by atoms with van der Waals surface area (Å²) in [5, 5.41) is 13.9. The van der Waals surface area contributed by atoms with Crippen molar-refractivity contribution in [1.82, 2.24) is 5.32 Å². The van der Waals surface area contributed by atoms with Gasteiger partial charge >= 0.3 is 7.82 Å². The smallest absolute Gasteiger partial charge is 0.387 e. The molecule has 0 spiro atoms. The van der Waals surface area contributed by atoms with Crippen LogP contribution in [0.5, 0.6) is 0 Å². The molecule has 0 saturated carbocycles. The predicted molar refractivity (Wildman–Crippen MR) is 281 cm³/mol. The van der Waals surface area contributed by atoms with E-state index in [4.69, 9.17) is 9.05 Å². The molecule has 0 heterocycles. The number of amides is 1. The van der Waals surface area contributed by atoms with Gasteiger partial charge in [0.25, 0.3) is 0 Å². The van der Waals surface area contributed by atoms with Crippen LogP contribution in [0.15, 0.2) is 60.8 Å². The highest BCUT2D eigenvalue weighted by Crippen LogP contribution is 2.43. The lowest BCUT2D eigenvalue weighted by molar-refractivity contribution is -0.870. The molecule has 9 heteroatoms. The first kappa shape index (κ1) is 63.2. The van der Waals surface area contributed by atoms with Crippen LogP contribution in [0.25, 0.3) is 0 Å². The van der Waals surface area contributed by atoms with Gasteiger partial charge in [0.1, 0.15) is 13.2 Å². The molecule has 0 radical (unpaired) electrons. The molecule has 3 unspecified atom stereocenters. The average molecular weight is 934 g/mol. The standard InChI is InChI=1S/C56H105N2O6P/c1-6-8-10-12-14-16-18-20-22-24-25-26-27-28-29-30-31-32-33-34-36-38-40-42-44-46-48-50-56(60)57-54(53-64-65(61,62)63-52-51-58(3,4)5)55(59)49-47-45-43-41-39-37-35-23-21-19-17-15-13-11-9-7-2/h18,20,24-25,27-28,39,41,47,49,54-55,59H,6-17,19,21-23,26,29-38,40,42-46,48,50-53H2,1-5H3,(H-,57,60,61,62)/p+1/b20-18-,25-24-,28-27-,41-39+,49-47+. The Morgan fingerprint density at radius 2 is 0.892 bits per heavy atom. The molecule has 0 aromatic heterocycles. The van der Waals surface area contributed by atoms with Gasteiger partial charge in [-0.2, -0.15) is 0 Å². The van der Waals surface area contributed by atoms with Gasteiger partial charge in [0, 0.05) is 6.42 Å². The summed E-state index contributed by atoms with van der Waals surface area (Å²) in [5.41, 5.74) is 0. The van der Waals surface area contributed by atoms with Crippen molar-refractivity contribution >= 4 is 13.7 Å². The number of aliphatic hydroxyl groups excluding tert-OH is 1. The molecule has 3 N–H and O–H groups in total. The second kappa shape index (κ2) is 47.3. The molecule has 0 aromatic rings. The zero-order chi connectivity index (χ0) is 47.8. The number of likely N-dealkylation sites (N-methyl/N-ethyl adjacent to an activating group) is 1. The van der Waals surface area contributed by atoms with Crippen molar-refractivity contribution in [3.05, 3.63) is 60.8 Å². The van der Waals surface area contributed by atoms with E-state index in [-0.39, 0.29) is 19.1 Å². The lowest BCUT2D eigenvalue weighted by Gasteiger charge is -2.25. The van der Waals surface area contributed by atoms with Crippen LogP contribution in [-0.2, 0) is 18.4 Å². The first-order valence-electron chi connectivity index (χ1n) is 27.2. The fourth-order valence-corrected chi connectivity index (χ4v) is 8.39. The number of carbonyl (C=O) groups excluding carboxylic acids is 1. The molecule has 0 aliphatic rings. The highest BCUT2D eigenvalue weighted by atomic mass is 31.2. The topological polar surface area (TPSA) is 105 Å². The Hall–Kier alpha value is -1.80. The molecule has 1 amide bonds. The second-order valence-corrected chi connectivity index (χ2v) is 21.0. The van der Waals surface area contributed by atoms with Crippen LogP contribution >= 0.6 is 7.82 Å². The van der Waals surface area contributed by atoms with E-state index >= 15 is 0 Å². The molecule has 380 valence electrons. The molecule has 65 heavy (non-hydrogen) atoms. The van der Waals surface area contributed by atoms with Crippen molar-refractivity contribution < 1.29 is 32.9 Å². The number of phosphoric acid groups is 1. The Labute approximate surface area is 402 Å². The number of allylic oxidation sites excluding steroid dienone is 9. The lowest BCUT2D eigenvalue weighted by atomic mass is 10.0. The number of aliphatic hydroxyl groups is 1. The molecule has 0 aliphatic carbocycles. The van der Waals surface area contributed by atoms with Crippen LogP contribution in [0.3, 0.4) is 0 Å². The summed E-state index contributed by atoms with van der Waals surface area (Å²) in [6, 6.07) is -0.866. The van der Waals surface area contributed by atoms with Gasteiger partial charge in [-0.05, 0) is 70.6 Å². The van der Waals surface area contributed by atoms with Crippen LogP contribution < -0.4 is 5.32 Å². The summed E-state index contributed by atoms with van der Waals surface area (Å²) < 4.78 is 23.6. The first-order chi connectivity index (χ1) is 31.5. The van der Waals surface area contributed by atoms with E-state index in [2.05, 4.69) is 67.8 Å². The van der Waals surface area contributed by atoms with Crippen molar-refractivity contribution in [1.29, 1.82) is 0 Å². The number of unbranched alkanes of at least 4 members (excludes halogenated alkanes) is 28. The van der Waals surface area contributed by atoms with Crippen molar-refractivity contribution in [2.45, 2.75) is 251 Å². The molecule has 0 rings (SSSR count). The summed E-state index contributed by atoms with van der Waals surface area (Å²) in [6.07, 6.45) is 63.1. The third kappa shape index (κ3) is 49.9.